The van der Waals surface area contributed by atoms with Crippen LogP contribution in [0.1, 0.15) is 11.4 Å². The predicted molar refractivity (Wildman–Crippen MR) is 61.5 cm³/mol. The Bertz CT molecular complexity index is 436. The van der Waals surface area contributed by atoms with E-state index in [9.17, 15) is 0 Å². The van der Waals surface area contributed by atoms with Gasteiger partial charge in [-0.15, -0.1) is 10.2 Å². The van der Waals surface area contributed by atoms with Crippen LogP contribution < -0.4 is 0 Å². The van der Waals surface area contributed by atoms with Crippen LogP contribution >= 0.6 is 11.8 Å². The summed E-state index contributed by atoms with van der Waals surface area (Å²) in [6.07, 6.45) is 4.54. The summed E-state index contributed by atoms with van der Waals surface area (Å²) >= 11 is 1.37. The van der Waals surface area contributed by atoms with E-state index in [0.29, 0.717) is 0 Å². The summed E-state index contributed by atoms with van der Waals surface area (Å²) in [4.78, 5) is 0. The molecule has 1 heterocycles. The van der Waals surface area contributed by atoms with Crippen LogP contribution in [0.3, 0.4) is 0 Å². The summed E-state index contributed by atoms with van der Waals surface area (Å²) in [5, 5.41) is 9.03. The molecule has 1 radical (unpaired) electrons. The number of benzene rings is 1. The van der Waals surface area contributed by atoms with Crippen molar-refractivity contribution >= 4 is 11.8 Å². The first kappa shape index (κ1) is 10.2. The minimum Gasteiger partial charge on any atom is -0.309 e. The summed E-state index contributed by atoms with van der Waals surface area (Å²) in [5.41, 5.74) is 1.24. The van der Waals surface area contributed by atoms with E-state index in [1.165, 1.54) is 17.3 Å². The molecule has 0 fully saturated rings. The second-order valence-corrected chi connectivity index (χ2v) is 3.92. The summed E-state index contributed by atoms with van der Waals surface area (Å²) < 4.78 is 1.98. The highest BCUT2D eigenvalue weighted by atomic mass is 32.2. The van der Waals surface area contributed by atoms with Gasteiger partial charge >= 0.3 is 0 Å². The maximum atomic E-state index is 4.13. The Labute approximate surface area is 93.5 Å². The van der Waals surface area contributed by atoms with Gasteiger partial charge in [0.2, 0.25) is 0 Å². The molecule has 2 aromatic rings. The van der Waals surface area contributed by atoms with Crippen LogP contribution in [0.25, 0.3) is 0 Å². The van der Waals surface area contributed by atoms with Gasteiger partial charge in [-0.2, -0.15) is 0 Å². The van der Waals surface area contributed by atoms with Gasteiger partial charge in [0.15, 0.2) is 5.16 Å². The molecular formula is C11H12N3S. The van der Waals surface area contributed by atoms with Crippen molar-refractivity contribution in [2.75, 3.05) is 0 Å². The first-order valence-corrected chi connectivity index (χ1v) is 5.64. The predicted octanol–water partition coefficient (Wildman–Crippen LogP) is 2.29. The van der Waals surface area contributed by atoms with Gasteiger partial charge < -0.3 is 4.57 Å². The SMILES string of the molecule is [CH2]Sc1nnc(Cc2ccccc2)n1C. The Hall–Kier alpha value is -1.29. The third-order valence-corrected chi connectivity index (χ3v) is 2.87. The lowest BCUT2D eigenvalue weighted by Gasteiger charge is -2.01. The molecule has 1 aromatic heterocycles. The third kappa shape index (κ3) is 2.21. The zero-order valence-electron chi connectivity index (χ0n) is 8.55. The highest BCUT2D eigenvalue weighted by Gasteiger charge is 2.07. The molecule has 0 spiro atoms. The average molecular weight is 218 g/mol. The molecule has 0 aliphatic carbocycles. The molecule has 77 valence electrons. The van der Waals surface area contributed by atoms with Crippen molar-refractivity contribution in [3.63, 3.8) is 0 Å². The number of aromatic nitrogens is 3. The normalized spacial score (nSPS) is 10.5. The molecule has 0 unspecified atom stereocenters. The second kappa shape index (κ2) is 4.49. The van der Waals surface area contributed by atoms with Crippen LogP contribution in [0, 0.1) is 6.26 Å². The van der Waals surface area contributed by atoms with Crippen LogP contribution in [-0.2, 0) is 13.5 Å². The van der Waals surface area contributed by atoms with E-state index >= 15 is 0 Å². The highest BCUT2D eigenvalue weighted by molar-refractivity contribution is 8.00. The van der Waals surface area contributed by atoms with Gasteiger partial charge in [0.05, 0.1) is 0 Å². The Kier molecular flexibility index (Phi) is 3.06. The summed E-state index contributed by atoms with van der Waals surface area (Å²) in [6.45, 7) is 0. The van der Waals surface area contributed by atoms with E-state index < -0.39 is 0 Å². The molecule has 1 aromatic carbocycles. The molecule has 3 nitrogen and oxygen atoms in total. The lowest BCUT2D eigenvalue weighted by molar-refractivity contribution is 0.750. The van der Waals surface area contributed by atoms with E-state index in [4.69, 9.17) is 0 Å². The van der Waals surface area contributed by atoms with E-state index in [1.54, 1.807) is 0 Å². The Morgan fingerprint density at radius 2 is 2.00 bits per heavy atom. The fourth-order valence-electron chi connectivity index (χ4n) is 1.40. The molecule has 0 bridgehead atoms. The van der Waals surface area contributed by atoms with Crippen molar-refractivity contribution in [1.29, 1.82) is 0 Å². The zero-order chi connectivity index (χ0) is 10.7. The first-order valence-electron chi connectivity index (χ1n) is 4.65. The molecule has 0 saturated carbocycles. The molecule has 0 saturated heterocycles. The maximum Gasteiger partial charge on any atom is 0.190 e. The number of hydrogen-bond donors (Lipinski definition) is 0. The third-order valence-electron chi connectivity index (χ3n) is 2.26. The number of hydrogen-bond acceptors (Lipinski definition) is 3. The van der Waals surface area contributed by atoms with Crippen molar-refractivity contribution in [2.24, 2.45) is 7.05 Å². The lowest BCUT2D eigenvalue weighted by Crippen LogP contribution is -1.99. The van der Waals surface area contributed by atoms with E-state index in [2.05, 4.69) is 28.6 Å². The van der Waals surface area contributed by atoms with Crippen molar-refractivity contribution < 1.29 is 0 Å². The fraction of sp³-hybridized carbons (Fsp3) is 0.182. The van der Waals surface area contributed by atoms with Gasteiger partial charge in [-0.1, -0.05) is 42.1 Å². The minimum atomic E-state index is 0.810. The second-order valence-electron chi connectivity index (χ2n) is 3.26. The summed E-state index contributed by atoms with van der Waals surface area (Å²) in [7, 11) is 1.96. The van der Waals surface area contributed by atoms with E-state index in [0.717, 1.165) is 17.4 Å². The van der Waals surface area contributed by atoms with Crippen LogP contribution in [-0.4, -0.2) is 14.8 Å². The topological polar surface area (TPSA) is 30.7 Å². The van der Waals surface area contributed by atoms with Gasteiger partial charge in [0.1, 0.15) is 5.82 Å². The highest BCUT2D eigenvalue weighted by Crippen LogP contribution is 2.15. The van der Waals surface area contributed by atoms with Crippen molar-refractivity contribution in [1.82, 2.24) is 14.8 Å². The van der Waals surface area contributed by atoms with E-state index in [1.807, 2.05) is 29.8 Å². The van der Waals surface area contributed by atoms with Gasteiger partial charge in [-0.25, -0.2) is 0 Å². The van der Waals surface area contributed by atoms with Crippen LogP contribution in [0.4, 0.5) is 0 Å². The molecule has 15 heavy (non-hydrogen) atoms. The molecule has 2 rings (SSSR count). The fourth-order valence-corrected chi connectivity index (χ4v) is 1.80. The van der Waals surface area contributed by atoms with E-state index in [-0.39, 0.29) is 0 Å². The smallest absolute Gasteiger partial charge is 0.190 e. The Balaban J connectivity index is 2.21. The van der Waals surface area contributed by atoms with Crippen molar-refractivity contribution in [3.8, 4) is 0 Å². The maximum absolute atomic E-state index is 4.13. The Morgan fingerprint density at radius 3 is 2.60 bits per heavy atom. The standard InChI is InChI=1S/C11H12N3S/c1-14-10(12-13-11(14)15-2)8-9-6-4-3-5-7-9/h3-7H,2,8H2,1H3. The molecule has 0 aliphatic rings. The van der Waals surface area contributed by atoms with Gasteiger partial charge in [0, 0.05) is 19.7 Å². The number of thioether (sulfide) groups is 1. The molecule has 0 atom stereocenters. The number of nitrogens with zero attached hydrogens (tertiary/aromatic N) is 3. The van der Waals surface area contributed by atoms with Crippen LogP contribution in [0.2, 0.25) is 0 Å². The molecule has 0 aliphatic heterocycles. The molecule has 4 heteroatoms. The zero-order valence-corrected chi connectivity index (χ0v) is 9.37. The van der Waals surface area contributed by atoms with Gasteiger partial charge in [-0.05, 0) is 5.56 Å². The monoisotopic (exact) mass is 218 g/mol. The quantitative estimate of drug-likeness (QED) is 0.741. The molecule has 0 amide bonds. The largest absolute Gasteiger partial charge is 0.309 e. The average Bonchev–Trinajstić information content (AvgIpc) is 2.62. The lowest BCUT2D eigenvalue weighted by atomic mass is 10.1. The molecular weight excluding hydrogens is 206 g/mol. The Morgan fingerprint density at radius 1 is 1.27 bits per heavy atom. The summed E-state index contributed by atoms with van der Waals surface area (Å²) in [6, 6.07) is 10.3. The van der Waals surface area contributed by atoms with Gasteiger partial charge in [0.25, 0.3) is 0 Å². The summed E-state index contributed by atoms with van der Waals surface area (Å²) in [5.74, 6) is 0.965. The van der Waals surface area contributed by atoms with Crippen LogP contribution in [0.15, 0.2) is 35.5 Å². The minimum absolute atomic E-state index is 0.810. The molecule has 0 N–H and O–H groups in total. The van der Waals surface area contributed by atoms with Crippen molar-refractivity contribution in [3.05, 3.63) is 48.0 Å². The van der Waals surface area contributed by atoms with Crippen molar-refractivity contribution in [2.45, 2.75) is 11.6 Å². The first-order chi connectivity index (χ1) is 7.31. The van der Waals surface area contributed by atoms with Crippen LogP contribution in [0.5, 0.6) is 0 Å². The number of rotatable bonds is 3. The van der Waals surface area contributed by atoms with Gasteiger partial charge in [-0.3, -0.25) is 0 Å².